The minimum absolute atomic E-state index is 0.927. The van der Waals surface area contributed by atoms with Gasteiger partial charge in [0.2, 0.25) is 0 Å². The topological polar surface area (TPSA) is 24.4 Å². The lowest BCUT2D eigenvalue weighted by Gasteiger charge is -1.98. The molecule has 0 spiro atoms. The quantitative estimate of drug-likeness (QED) is 0.898. The maximum Gasteiger partial charge on any atom is 0.157 e. The van der Waals surface area contributed by atoms with Crippen molar-refractivity contribution in [1.82, 2.24) is 5.32 Å². The minimum atomic E-state index is 0.927. The van der Waals surface area contributed by atoms with Crippen LogP contribution in [-0.2, 0) is 5.75 Å². The van der Waals surface area contributed by atoms with Gasteiger partial charge in [-0.05, 0) is 28.1 Å². The van der Waals surface area contributed by atoms with Gasteiger partial charge in [0.1, 0.15) is 0 Å². The zero-order valence-corrected chi connectivity index (χ0v) is 10.1. The summed E-state index contributed by atoms with van der Waals surface area (Å²) in [6, 6.07) is 4.24. The number of rotatable bonds is 2. The molecule has 0 unspecified atom stereocenters. The van der Waals surface area contributed by atoms with Gasteiger partial charge in [0.05, 0.1) is 10.3 Å². The van der Waals surface area contributed by atoms with Crippen LogP contribution in [0.15, 0.2) is 20.9 Å². The lowest BCUT2D eigenvalue weighted by atomic mass is 10.5. The van der Waals surface area contributed by atoms with Crippen LogP contribution in [0.3, 0.4) is 0 Å². The van der Waals surface area contributed by atoms with Gasteiger partial charge in [-0.15, -0.1) is 11.3 Å². The van der Waals surface area contributed by atoms with E-state index in [-0.39, 0.29) is 0 Å². The van der Waals surface area contributed by atoms with Crippen molar-refractivity contribution < 1.29 is 0 Å². The van der Waals surface area contributed by atoms with Gasteiger partial charge in [-0.25, -0.2) is 0 Å². The first-order valence-corrected chi connectivity index (χ1v) is 6.59. The molecule has 1 aliphatic heterocycles. The van der Waals surface area contributed by atoms with Gasteiger partial charge < -0.3 is 5.32 Å². The molecule has 1 aromatic rings. The van der Waals surface area contributed by atoms with E-state index >= 15 is 0 Å². The van der Waals surface area contributed by atoms with Crippen molar-refractivity contribution in [3.05, 3.63) is 20.8 Å². The zero-order chi connectivity index (χ0) is 9.10. The number of nitrogens with zero attached hydrogens (tertiary/aromatic N) is 1. The monoisotopic (exact) mass is 276 g/mol. The molecular formula is C8H9BrN2S2. The number of aliphatic imine (C=N–C) groups is 1. The molecule has 2 rings (SSSR count). The van der Waals surface area contributed by atoms with Gasteiger partial charge in [-0.1, -0.05) is 11.8 Å². The molecule has 2 heterocycles. The molecule has 13 heavy (non-hydrogen) atoms. The highest BCUT2D eigenvalue weighted by molar-refractivity contribution is 9.11. The van der Waals surface area contributed by atoms with E-state index < -0.39 is 0 Å². The third kappa shape index (κ3) is 2.72. The predicted molar refractivity (Wildman–Crippen MR) is 63.6 cm³/mol. The minimum Gasteiger partial charge on any atom is -0.363 e. The van der Waals surface area contributed by atoms with Crippen LogP contribution in [0.5, 0.6) is 0 Å². The standard InChI is InChI=1S/C8H9BrN2S2/c9-7-2-1-6(13-7)5-12-8-10-3-4-11-8/h1-2H,3-5H2,(H,10,11). The zero-order valence-electron chi connectivity index (χ0n) is 6.92. The van der Waals surface area contributed by atoms with E-state index in [0.717, 1.165) is 24.0 Å². The van der Waals surface area contributed by atoms with Gasteiger partial charge in [0.15, 0.2) is 5.17 Å². The summed E-state index contributed by atoms with van der Waals surface area (Å²) in [4.78, 5) is 5.70. The van der Waals surface area contributed by atoms with Crippen LogP contribution in [0.4, 0.5) is 0 Å². The summed E-state index contributed by atoms with van der Waals surface area (Å²) < 4.78 is 1.20. The van der Waals surface area contributed by atoms with Gasteiger partial charge in [-0.3, -0.25) is 4.99 Å². The first-order chi connectivity index (χ1) is 6.34. The molecule has 0 saturated heterocycles. The molecule has 0 radical (unpaired) electrons. The summed E-state index contributed by atoms with van der Waals surface area (Å²) in [5, 5.41) is 4.33. The molecule has 5 heteroatoms. The van der Waals surface area contributed by atoms with Gasteiger partial charge in [-0.2, -0.15) is 0 Å². The van der Waals surface area contributed by atoms with Crippen LogP contribution in [0, 0.1) is 0 Å². The van der Waals surface area contributed by atoms with Crippen LogP contribution >= 0.6 is 39.0 Å². The molecule has 1 aliphatic rings. The Morgan fingerprint density at radius 1 is 1.62 bits per heavy atom. The van der Waals surface area contributed by atoms with Crippen molar-refractivity contribution in [3.8, 4) is 0 Å². The Kier molecular flexibility index (Phi) is 3.29. The maximum atomic E-state index is 4.32. The second-order valence-electron chi connectivity index (χ2n) is 2.61. The van der Waals surface area contributed by atoms with Crippen molar-refractivity contribution in [3.63, 3.8) is 0 Å². The normalized spacial score (nSPS) is 15.6. The fraction of sp³-hybridized carbons (Fsp3) is 0.375. The van der Waals surface area contributed by atoms with E-state index in [1.807, 2.05) is 0 Å². The van der Waals surface area contributed by atoms with E-state index in [1.54, 1.807) is 23.1 Å². The van der Waals surface area contributed by atoms with E-state index in [9.17, 15) is 0 Å². The van der Waals surface area contributed by atoms with E-state index in [0.29, 0.717) is 0 Å². The Morgan fingerprint density at radius 2 is 2.54 bits per heavy atom. The highest BCUT2D eigenvalue weighted by Gasteiger charge is 2.06. The van der Waals surface area contributed by atoms with Crippen LogP contribution in [-0.4, -0.2) is 18.3 Å². The molecule has 0 amide bonds. The molecule has 0 aliphatic carbocycles. The molecule has 0 bridgehead atoms. The number of halogens is 1. The SMILES string of the molecule is Brc1ccc(CSC2=NCCN2)s1. The highest BCUT2D eigenvalue weighted by Crippen LogP contribution is 2.25. The number of hydrogen-bond donors (Lipinski definition) is 1. The summed E-state index contributed by atoms with van der Waals surface area (Å²) in [5.41, 5.74) is 0. The summed E-state index contributed by atoms with van der Waals surface area (Å²) in [7, 11) is 0. The summed E-state index contributed by atoms with van der Waals surface area (Å²) in [5.74, 6) is 1.02. The van der Waals surface area contributed by atoms with Gasteiger partial charge >= 0.3 is 0 Å². The second kappa shape index (κ2) is 4.48. The second-order valence-corrected chi connectivity index (χ2v) is 6.12. The first-order valence-electron chi connectivity index (χ1n) is 4.00. The number of amidine groups is 1. The summed E-state index contributed by atoms with van der Waals surface area (Å²) in [6.45, 7) is 1.92. The Bertz CT molecular complexity index is 322. The van der Waals surface area contributed by atoms with Crippen molar-refractivity contribution in [2.75, 3.05) is 13.1 Å². The number of hydrogen-bond acceptors (Lipinski definition) is 4. The first kappa shape index (κ1) is 9.55. The maximum absolute atomic E-state index is 4.32. The third-order valence-electron chi connectivity index (χ3n) is 1.62. The summed E-state index contributed by atoms with van der Waals surface area (Å²) in [6.07, 6.45) is 0. The molecular weight excluding hydrogens is 268 g/mol. The molecule has 1 N–H and O–H groups in total. The molecule has 0 fully saturated rings. The largest absolute Gasteiger partial charge is 0.363 e. The summed E-state index contributed by atoms with van der Waals surface area (Å²) >= 11 is 7.01. The van der Waals surface area contributed by atoms with Crippen LogP contribution in [0.1, 0.15) is 4.88 Å². The highest BCUT2D eigenvalue weighted by atomic mass is 79.9. The van der Waals surface area contributed by atoms with Crippen LogP contribution in [0.25, 0.3) is 0 Å². The fourth-order valence-corrected chi connectivity index (χ4v) is 3.49. The smallest absolute Gasteiger partial charge is 0.157 e. The average molecular weight is 277 g/mol. The molecule has 0 atom stereocenters. The molecule has 70 valence electrons. The lowest BCUT2D eigenvalue weighted by Crippen LogP contribution is -2.14. The average Bonchev–Trinajstić information content (AvgIpc) is 2.71. The number of thioether (sulfide) groups is 1. The number of nitrogens with one attached hydrogen (secondary N) is 1. The lowest BCUT2D eigenvalue weighted by molar-refractivity contribution is 0.963. The molecule has 2 nitrogen and oxygen atoms in total. The molecule has 1 aromatic heterocycles. The fourth-order valence-electron chi connectivity index (χ4n) is 1.04. The Morgan fingerprint density at radius 3 is 3.15 bits per heavy atom. The Labute approximate surface area is 94.0 Å². The van der Waals surface area contributed by atoms with Crippen LogP contribution in [0.2, 0.25) is 0 Å². The van der Waals surface area contributed by atoms with Crippen molar-refractivity contribution in [2.24, 2.45) is 4.99 Å². The van der Waals surface area contributed by atoms with Crippen molar-refractivity contribution >= 4 is 44.2 Å². The van der Waals surface area contributed by atoms with E-state index in [4.69, 9.17) is 0 Å². The molecule has 0 aromatic carbocycles. The van der Waals surface area contributed by atoms with Crippen molar-refractivity contribution in [1.29, 1.82) is 0 Å². The Hall–Kier alpha value is -0.0000000000000000833. The van der Waals surface area contributed by atoms with E-state index in [2.05, 4.69) is 38.4 Å². The predicted octanol–water partition coefficient (Wildman–Crippen LogP) is 2.70. The van der Waals surface area contributed by atoms with E-state index in [1.165, 1.54) is 8.66 Å². The van der Waals surface area contributed by atoms with Crippen molar-refractivity contribution in [2.45, 2.75) is 5.75 Å². The van der Waals surface area contributed by atoms with Crippen LogP contribution < -0.4 is 5.32 Å². The number of thiophene rings is 1. The Balaban J connectivity index is 1.85. The van der Waals surface area contributed by atoms with Gasteiger partial charge in [0.25, 0.3) is 0 Å². The third-order valence-corrected chi connectivity index (χ3v) is 4.43. The van der Waals surface area contributed by atoms with Gasteiger partial charge in [0, 0.05) is 17.2 Å². The molecule has 0 saturated carbocycles.